The van der Waals surface area contributed by atoms with Gasteiger partial charge in [-0.25, -0.2) is 12.7 Å². The van der Waals surface area contributed by atoms with Crippen LogP contribution in [0.25, 0.3) is 0 Å². The quantitative estimate of drug-likeness (QED) is 0.716. The third kappa shape index (κ3) is 5.23. The summed E-state index contributed by atoms with van der Waals surface area (Å²) in [6.07, 6.45) is 0. The lowest BCUT2D eigenvalue weighted by atomic mass is 10.2. The van der Waals surface area contributed by atoms with Crippen LogP contribution in [0.3, 0.4) is 0 Å². The smallest absolute Gasteiger partial charge is 0.251 e. The van der Waals surface area contributed by atoms with Gasteiger partial charge in [0, 0.05) is 25.3 Å². The van der Waals surface area contributed by atoms with Crippen LogP contribution in [0.1, 0.15) is 15.9 Å². The minimum absolute atomic E-state index is 0.0927. The lowest BCUT2D eigenvalue weighted by Crippen LogP contribution is -2.33. The minimum atomic E-state index is -3.65. The minimum Gasteiger partial charge on any atom is -0.343 e. The molecule has 0 saturated carbocycles. The van der Waals surface area contributed by atoms with Crippen molar-refractivity contribution in [1.29, 1.82) is 0 Å². The summed E-state index contributed by atoms with van der Waals surface area (Å²) in [5, 5.41) is 5.57. The van der Waals surface area contributed by atoms with Crippen molar-refractivity contribution >= 4 is 50.7 Å². The zero-order valence-corrected chi connectivity index (χ0v) is 17.7. The van der Waals surface area contributed by atoms with Gasteiger partial charge in [0.15, 0.2) is 0 Å². The van der Waals surface area contributed by atoms with Gasteiger partial charge in [0.05, 0.1) is 21.5 Å². The number of nitrogens with zero attached hydrogens (tertiary/aromatic N) is 1. The molecule has 0 aliphatic rings. The molecule has 0 aliphatic heterocycles. The zero-order chi connectivity index (χ0) is 21.1. The maximum Gasteiger partial charge on any atom is 0.251 e. The van der Waals surface area contributed by atoms with Gasteiger partial charge in [-0.3, -0.25) is 9.59 Å². The van der Waals surface area contributed by atoms with Crippen LogP contribution in [0.15, 0.2) is 41.3 Å². The highest BCUT2D eigenvalue weighted by Crippen LogP contribution is 2.23. The molecule has 0 bridgehead atoms. The van der Waals surface area contributed by atoms with Crippen molar-refractivity contribution in [3.8, 4) is 0 Å². The number of hydrogen-bond acceptors (Lipinski definition) is 4. The maximum absolute atomic E-state index is 12.4. The van der Waals surface area contributed by atoms with Gasteiger partial charge < -0.3 is 10.6 Å². The van der Waals surface area contributed by atoms with Crippen LogP contribution in [-0.4, -0.2) is 45.2 Å². The van der Waals surface area contributed by atoms with Gasteiger partial charge in [0.2, 0.25) is 15.9 Å². The number of rotatable bonds is 6. The van der Waals surface area contributed by atoms with E-state index in [0.717, 1.165) is 4.31 Å². The molecule has 0 saturated heterocycles. The molecule has 2 aromatic carbocycles. The van der Waals surface area contributed by atoms with Gasteiger partial charge in [0.1, 0.15) is 0 Å². The average molecular weight is 444 g/mol. The molecule has 2 rings (SSSR count). The Balaban J connectivity index is 2.05. The van der Waals surface area contributed by atoms with E-state index in [2.05, 4.69) is 10.6 Å². The van der Waals surface area contributed by atoms with E-state index >= 15 is 0 Å². The topological polar surface area (TPSA) is 95.6 Å². The number of aryl methyl sites for hydroxylation is 1. The van der Waals surface area contributed by atoms with Crippen LogP contribution in [0.2, 0.25) is 10.0 Å². The number of sulfonamides is 1. The first kappa shape index (κ1) is 22.2. The predicted molar refractivity (Wildman–Crippen MR) is 109 cm³/mol. The van der Waals surface area contributed by atoms with E-state index in [1.54, 1.807) is 19.1 Å². The largest absolute Gasteiger partial charge is 0.343 e. The lowest BCUT2D eigenvalue weighted by Gasteiger charge is -2.15. The highest BCUT2D eigenvalue weighted by atomic mass is 35.5. The Hall–Kier alpha value is -2.13. The third-order valence-corrected chi connectivity index (χ3v) is 6.52. The fourth-order valence-electron chi connectivity index (χ4n) is 2.26. The van der Waals surface area contributed by atoms with Gasteiger partial charge in [0.25, 0.3) is 5.91 Å². The second kappa shape index (κ2) is 8.91. The Bertz CT molecular complexity index is 1020. The molecule has 0 heterocycles. The summed E-state index contributed by atoms with van der Waals surface area (Å²) < 4.78 is 25.8. The number of halogens is 2. The Morgan fingerprint density at radius 1 is 1.04 bits per heavy atom. The summed E-state index contributed by atoms with van der Waals surface area (Å²) in [7, 11) is -0.788. The number of carbonyl (C=O) groups excluding carboxylic acids is 2. The summed E-state index contributed by atoms with van der Waals surface area (Å²) in [5.74, 6) is -1.00. The van der Waals surface area contributed by atoms with E-state index in [1.165, 1.54) is 38.4 Å². The molecule has 0 unspecified atom stereocenters. The first-order valence-electron chi connectivity index (χ1n) is 8.08. The second-order valence-corrected chi connectivity index (χ2v) is 9.06. The normalized spacial score (nSPS) is 11.4. The Morgan fingerprint density at radius 3 is 2.32 bits per heavy atom. The van der Waals surface area contributed by atoms with Crippen molar-refractivity contribution in [2.24, 2.45) is 0 Å². The second-order valence-electron chi connectivity index (χ2n) is 6.13. The zero-order valence-electron chi connectivity index (χ0n) is 15.4. The number of hydrogen-bond donors (Lipinski definition) is 2. The van der Waals surface area contributed by atoms with Crippen molar-refractivity contribution in [3.05, 3.63) is 57.6 Å². The van der Waals surface area contributed by atoms with Crippen LogP contribution in [0.4, 0.5) is 5.69 Å². The van der Waals surface area contributed by atoms with Gasteiger partial charge >= 0.3 is 0 Å². The van der Waals surface area contributed by atoms with E-state index in [-0.39, 0.29) is 22.0 Å². The van der Waals surface area contributed by atoms with E-state index in [4.69, 9.17) is 23.2 Å². The average Bonchev–Trinajstić information content (AvgIpc) is 2.63. The summed E-state index contributed by atoms with van der Waals surface area (Å²) in [4.78, 5) is 24.3. The molecule has 0 radical (unpaired) electrons. The van der Waals surface area contributed by atoms with E-state index < -0.39 is 21.8 Å². The van der Waals surface area contributed by atoms with Gasteiger partial charge in [-0.2, -0.15) is 0 Å². The molecule has 0 atom stereocenters. The molecule has 7 nitrogen and oxygen atoms in total. The van der Waals surface area contributed by atoms with Crippen molar-refractivity contribution in [2.75, 3.05) is 26.0 Å². The Kier molecular flexibility index (Phi) is 7.06. The summed E-state index contributed by atoms with van der Waals surface area (Å²) >= 11 is 11.7. The van der Waals surface area contributed by atoms with E-state index in [0.29, 0.717) is 16.3 Å². The first-order chi connectivity index (χ1) is 13.0. The molecule has 10 heteroatoms. The Labute approximate surface area is 173 Å². The van der Waals surface area contributed by atoms with Crippen LogP contribution >= 0.6 is 23.2 Å². The molecule has 2 aromatic rings. The van der Waals surface area contributed by atoms with Gasteiger partial charge in [-0.05, 0) is 42.8 Å². The van der Waals surface area contributed by atoms with Crippen LogP contribution < -0.4 is 10.6 Å². The fraction of sp³-hybridized carbons (Fsp3) is 0.222. The van der Waals surface area contributed by atoms with Crippen molar-refractivity contribution < 1.29 is 18.0 Å². The third-order valence-electron chi connectivity index (χ3n) is 3.82. The summed E-state index contributed by atoms with van der Waals surface area (Å²) in [6, 6.07) is 8.93. The standard InChI is InChI=1S/C18H19Cl2N3O4S/c1-11-4-6-13(9-16(11)28(26,27)23(2)3)22-17(24)10-21-18(25)12-5-7-14(19)15(20)8-12/h4-9H,10H2,1-3H3,(H,21,25)(H,22,24). The number of nitrogens with one attached hydrogen (secondary N) is 2. The van der Waals surface area contributed by atoms with Crippen LogP contribution in [-0.2, 0) is 14.8 Å². The summed E-state index contributed by atoms with van der Waals surface area (Å²) in [6.45, 7) is 1.36. The van der Waals surface area contributed by atoms with Crippen molar-refractivity contribution in [1.82, 2.24) is 9.62 Å². The highest BCUT2D eigenvalue weighted by molar-refractivity contribution is 7.89. The molecule has 0 aliphatic carbocycles. The Morgan fingerprint density at radius 2 is 1.71 bits per heavy atom. The molecule has 0 aromatic heterocycles. The lowest BCUT2D eigenvalue weighted by molar-refractivity contribution is -0.115. The molecule has 0 spiro atoms. The van der Waals surface area contributed by atoms with Gasteiger partial charge in [-0.15, -0.1) is 0 Å². The first-order valence-corrected chi connectivity index (χ1v) is 10.3. The fourth-order valence-corrected chi connectivity index (χ4v) is 3.70. The highest BCUT2D eigenvalue weighted by Gasteiger charge is 2.20. The van der Waals surface area contributed by atoms with Crippen LogP contribution in [0, 0.1) is 6.92 Å². The van der Waals surface area contributed by atoms with E-state index in [9.17, 15) is 18.0 Å². The monoisotopic (exact) mass is 443 g/mol. The molecule has 0 fully saturated rings. The van der Waals surface area contributed by atoms with E-state index in [1.807, 2.05) is 0 Å². The number of benzene rings is 2. The van der Waals surface area contributed by atoms with Crippen molar-refractivity contribution in [3.63, 3.8) is 0 Å². The molecular weight excluding hydrogens is 425 g/mol. The number of amides is 2. The molecule has 2 N–H and O–H groups in total. The van der Waals surface area contributed by atoms with Crippen molar-refractivity contribution in [2.45, 2.75) is 11.8 Å². The molecule has 28 heavy (non-hydrogen) atoms. The SMILES string of the molecule is Cc1ccc(NC(=O)CNC(=O)c2ccc(Cl)c(Cl)c2)cc1S(=O)(=O)N(C)C. The van der Waals surface area contributed by atoms with Gasteiger partial charge in [-0.1, -0.05) is 29.3 Å². The molecular formula is C18H19Cl2N3O4S. The maximum atomic E-state index is 12.4. The summed E-state index contributed by atoms with van der Waals surface area (Å²) in [5.41, 5.74) is 1.12. The number of anilines is 1. The predicted octanol–water partition coefficient (Wildman–Crippen LogP) is 2.92. The molecule has 2 amide bonds. The molecule has 150 valence electrons. The number of carbonyl (C=O) groups is 2. The van der Waals surface area contributed by atoms with Crippen LogP contribution in [0.5, 0.6) is 0 Å².